The van der Waals surface area contributed by atoms with Gasteiger partial charge in [0.25, 0.3) is 0 Å². The van der Waals surface area contributed by atoms with Gasteiger partial charge in [-0.25, -0.2) is 0 Å². The zero-order valence-electron chi connectivity index (χ0n) is 29.6. The van der Waals surface area contributed by atoms with Crippen molar-refractivity contribution >= 4 is 35.8 Å². The van der Waals surface area contributed by atoms with Crippen molar-refractivity contribution in [2.75, 3.05) is 0 Å². The summed E-state index contributed by atoms with van der Waals surface area (Å²) in [5.41, 5.74) is 5.29. The Morgan fingerprint density at radius 3 is 0.800 bits per heavy atom. The van der Waals surface area contributed by atoms with Crippen LogP contribution in [0.2, 0.25) is 45.8 Å². The highest BCUT2D eigenvalue weighted by Gasteiger charge is 2.34. The molecule has 0 aliphatic heterocycles. The molecule has 2 aromatic carbocycles. The van der Waals surface area contributed by atoms with Crippen molar-refractivity contribution in [1.82, 2.24) is 0 Å². The third-order valence-electron chi connectivity index (χ3n) is 7.09. The van der Waals surface area contributed by atoms with Crippen molar-refractivity contribution in [3.8, 4) is 11.5 Å². The van der Waals surface area contributed by atoms with Crippen molar-refractivity contribution in [3.63, 3.8) is 0 Å². The van der Waals surface area contributed by atoms with E-state index in [1.807, 2.05) is 0 Å². The molecule has 0 N–H and O–H groups in total. The molecule has 0 atom stereocenters. The Balaban J connectivity index is 2.98. The summed E-state index contributed by atoms with van der Waals surface area (Å²) in [6.45, 7) is 44.2. The van der Waals surface area contributed by atoms with Crippen LogP contribution >= 0.6 is 0 Å². The van der Waals surface area contributed by atoms with Crippen molar-refractivity contribution < 1.29 is 8.85 Å². The van der Waals surface area contributed by atoms with Crippen molar-refractivity contribution in [1.29, 1.82) is 0 Å². The van der Waals surface area contributed by atoms with Crippen LogP contribution in [0.3, 0.4) is 0 Å². The molecule has 0 amide bonds. The zero-order chi connectivity index (χ0) is 31.4. The predicted octanol–water partition coefficient (Wildman–Crippen LogP) is 9.54. The second kappa shape index (κ2) is 11.1. The first-order valence-electron chi connectivity index (χ1n) is 15.1. The number of hydrogen-bond donors (Lipinski definition) is 0. The van der Waals surface area contributed by atoms with Gasteiger partial charge in [-0.1, -0.05) is 124 Å². The maximum absolute atomic E-state index is 6.88. The minimum absolute atomic E-state index is 0.0185. The van der Waals surface area contributed by atoms with E-state index in [4.69, 9.17) is 8.85 Å². The first-order chi connectivity index (χ1) is 17.5. The molecule has 0 aromatic heterocycles. The van der Waals surface area contributed by atoms with Gasteiger partial charge in [0.1, 0.15) is 20.3 Å². The fourth-order valence-corrected chi connectivity index (χ4v) is 8.36. The summed E-state index contributed by atoms with van der Waals surface area (Å²) in [6.07, 6.45) is 0. The second-order valence-electron chi connectivity index (χ2n) is 17.9. The Morgan fingerprint density at radius 2 is 0.650 bits per heavy atom. The Hall–Kier alpha value is -1.31. The molecule has 0 unspecified atom stereocenters. The summed E-state index contributed by atoms with van der Waals surface area (Å²) in [7, 11) is -4.70. The smallest absolute Gasteiger partial charge is 0.242 e. The Bertz CT molecular complexity index is 1040. The maximum Gasteiger partial charge on any atom is 0.242 e. The molecule has 0 spiro atoms. The molecule has 0 aliphatic rings. The van der Waals surface area contributed by atoms with Gasteiger partial charge in [-0.15, -0.1) is 0 Å². The average molecular weight is 598 g/mol. The second-order valence-corrected chi connectivity index (χ2v) is 29.1. The molecule has 0 fully saturated rings. The average Bonchev–Trinajstić information content (AvgIpc) is 2.67. The minimum atomic E-state index is -1.81. The van der Waals surface area contributed by atoms with Crippen LogP contribution in [0.1, 0.15) is 105 Å². The van der Waals surface area contributed by atoms with Crippen LogP contribution in [0.5, 0.6) is 11.5 Å². The van der Waals surface area contributed by atoms with Crippen LogP contribution < -0.4 is 19.2 Å². The third-order valence-corrected chi connectivity index (χ3v) is 11.0. The summed E-state index contributed by atoms with van der Waals surface area (Å²) >= 11 is 0. The number of rotatable bonds is 6. The highest BCUT2D eigenvalue weighted by atomic mass is 28.4. The van der Waals surface area contributed by atoms with Crippen LogP contribution in [-0.4, -0.2) is 25.4 Å². The van der Waals surface area contributed by atoms with Crippen LogP contribution in [-0.2, 0) is 21.7 Å². The van der Waals surface area contributed by atoms with E-state index in [1.54, 1.807) is 0 Å². The van der Waals surface area contributed by atoms with E-state index in [9.17, 15) is 0 Å². The van der Waals surface area contributed by atoms with E-state index in [0.29, 0.717) is 0 Å². The summed E-state index contributed by atoms with van der Waals surface area (Å²) in [4.78, 5) is 0. The van der Waals surface area contributed by atoms with Gasteiger partial charge < -0.3 is 8.85 Å². The standard InChI is InChI=1S/C35H61O2Si3/c1-32(2,3)26-20-24(21-27(33(4,5)6)30(26)36-39(14,15)16)38(13)25-22-28(34(7,8)9)31(37-40(17,18)19)29(23-25)35(10,11)12/h20-23H,1-19H3. The van der Waals surface area contributed by atoms with E-state index in [2.05, 4.69) is 153 Å². The lowest BCUT2D eigenvalue weighted by molar-refractivity contribution is 0.477. The minimum Gasteiger partial charge on any atom is -0.544 e. The summed E-state index contributed by atoms with van der Waals surface area (Å²) < 4.78 is 13.8. The van der Waals surface area contributed by atoms with E-state index in [0.717, 1.165) is 11.5 Å². The molecule has 40 heavy (non-hydrogen) atoms. The molecule has 225 valence electrons. The third kappa shape index (κ3) is 8.85. The van der Waals surface area contributed by atoms with Gasteiger partial charge in [0, 0.05) is 0 Å². The Kier molecular flexibility index (Phi) is 9.66. The molecule has 2 rings (SSSR count). The lowest BCUT2D eigenvalue weighted by atomic mass is 9.79. The van der Waals surface area contributed by atoms with Gasteiger partial charge in [0.05, 0.1) is 0 Å². The summed E-state index contributed by atoms with van der Waals surface area (Å²) in [5, 5.41) is 2.92. The largest absolute Gasteiger partial charge is 0.544 e. The quantitative estimate of drug-likeness (QED) is 0.309. The molecular formula is C35H61O2Si3. The van der Waals surface area contributed by atoms with E-state index in [1.165, 1.54) is 32.6 Å². The maximum atomic E-state index is 6.88. The molecule has 0 bridgehead atoms. The predicted molar refractivity (Wildman–Crippen MR) is 187 cm³/mol. The van der Waals surface area contributed by atoms with Crippen molar-refractivity contribution in [2.24, 2.45) is 0 Å². The molecule has 2 aromatic rings. The normalized spacial score (nSPS) is 14.1. The Labute approximate surface area is 252 Å². The van der Waals surface area contributed by atoms with Crippen LogP contribution in [0.15, 0.2) is 24.3 Å². The van der Waals surface area contributed by atoms with E-state index < -0.39 is 25.4 Å². The van der Waals surface area contributed by atoms with E-state index in [-0.39, 0.29) is 21.7 Å². The summed E-state index contributed by atoms with van der Waals surface area (Å²) in [5.74, 6) is 2.25. The van der Waals surface area contributed by atoms with Crippen molar-refractivity contribution in [2.45, 2.75) is 151 Å². The van der Waals surface area contributed by atoms with Gasteiger partial charge in [-0.3, -0.25) is 0 Å². The first-order valence-corrected chi connectivity index (χ1v) is 23.9. The fraction of sp³-hybridized carbons (Fsp3) is 0.657. The van der Waals surface area contributed by atoms with Crippen LogP contribution in [0.4, 0.5) is 0 Å². The SMILES string of the molecule is C[Si](c1cc(C(C)(C)C)c(O[Si](C)(C)C)c(C(C)(C)C)c1)c1cc(C(C)(C)C)c(O[Si](C)(C)C)c(C(C)(C)C)c1. The molecule has 0 saturated carbocycles. The van der Waals surface area contributed by atoms with Gasteiger partial charge >= 0.3 is 0 Å². The first kappa shape index (κ1) is 34.9. The van der Waals surface area contributed by atoms with Crippen molar-refractivity contribution in [3.05, 3.63) is 46.5 Å². The lowest BCUT2D eigenvalue weighted by Crippen LogP contribution is -2.43. The molecular weight excluding hydrogens is 537 g/mol. The molecule has 2 nitrogen and oxygen atoms in total. The molecule has 1 radical (unpaired) electrons. The van der Waals surface area contributed by atoms with Crippen LogP contribution in [0.25, 0.3) is 0 Å². The van der Waals surface area contributed by atoms with Gasteiger partial charge in [0.2, 0.25) is 16.6 Å². The van der Waals surface area contributed by atoms with Gasteiger partial charge in [-0.05, 0) is 83.2 Å². The van der Waals surface area contributed by atoms with E-state index >= 15 is 0 Å². The molecule has 0 aliphatic carbocycles. The number of hydrogen-bond acceptors (Lipinski definition) is 2. The zero-order valence-corrected chi connectivity index (χ0v) is 32.6. The van der Waals surface area contributed by atoms with Gasteiger partial charge in [-0.2, -0.15) is 0 Å². The van der Waals surface area contributed by atoms with Crippen LogP contribution in [0, 0.1) is 0 Å². The summed E-state index contributed by atoms with van der Waals surface area (Å²) in [6, 6.07) is 9.94. The molecule has 5 heteroatoms. The highest BCUT2D eigenvalue weighted by Crippen LogP contribution is 2.42. The van der Waals surface area contributed by atoms with Gasteiger partial charge in [0.15, 0.2) is 0 Å². The fourth-order valence-electron chi connectivity index (χ4n) is 4.92. The molecule has 0 saturated heterocycles. The molecule has 0 heterocycles. The monoisotopic (exact) mass is 597 g/mol. The topological polar surface area (TPSA) is 18.5 Å². The highest BCUT2D eigenvalue weighted by molar-refractivity contribution is 6.84. The lowest BCUT2D eigenvalue weighted by Gasteiger charge is -2.35. The Morgan fingerprint density at radius 1 is 0.450 bits per heavy atom. The number of benzene rings is 2.